The van der Waals surface area contributed by atoms with E-state index in [-0.39, 0.29) is 18.3 Å². The van der Waals surface area contributed by atoms with Crippen molar-refractivity contribution in [3.8, 4) is 5.75 Å². The van der Waals surface area contributed by atoms with Gasteiger partial charge < -0.3 is 20.1 Å². The molecule has 1 aliphatic rings. The number of carbonyl (C=O) groups excluding carboxylic acids is 1. The minimum Gasteiger partial charge on any atom is -0.494 e. The average Bonchev–Trinajstić information content (AvgIpc) is 3.17. The summed E-state index contributed by atoms with van der Waals surface area (Å²) in [4.78, 5) is 12.0. The summed E-state index contributed by atoms with van der Waals surface area (Å²) in [6.07, 6.45) is 2.07. The van der Waals surface area contributed by atoms with Gasteiger partial charge in [0.2, 0.25) is 5.91 Å². The summed E-state index contributed by atoms with van der Waals surface area (Å²) in [5.41, 5.74) is 5.07. The molecule has 0 saturated carbocycles. The quantitative estimate of drug-likeness (QED) is 0.596. The molecule has 2 aromatic rings. The lowest BCUT2D eigenvalue weighted by Gasteiger charge is -2.09. The Hall–Kier alpha value is -2.08. The molecule has 1 aliphatic heterocycles. The van der Waals surface area contributed by atoms with Crippen LogP contribution in [0.5, 0.6) is 5.75 Å². The molecule has 3 rings (SSSR count). The molecule has 0 bridgehead atoms. The van der Waals surface area contributed by atoms with Gasteiger partial charge in [0.15, 0.2) is 0 Å². The van der Waals surface area contributed by atoms with Crippen molar-refractivity contribution >= 4 is 18.3 Å². The second kappa shape index (κ2) is 11.7. The largest absolute Gasteiger partial charge is 0.494 e. The Morgan fingerprint density at radius 3 is 2.57 bits per heavy atom. The van der Waals surface area contributed by atoms with Crippen molar-refractivity contribution in [2.75, 3.05) is 20.3 Å². The zero-order valence-corrected chi connectivity index (χ0v) is 17.1. The van der Waals surface area contributed by atoms with Crippen LogP contribution >= 0.6 is 12.4 Å². The Balaban J connectivity index is 0.00000280. The van der Waals surface area contributed by atoms with Gasteiger partial charge in [0, 0.05) is 33.2 Å². The first-order chi connectivity index (χ1) is 13.2. The smallest absolute Gasteiger partial charge is 0.220 e. The van der Waals surface area contributed by atoms with Crippen LogP contribution < -0.4 is 15.4 Å². The van der Waals surface area contributed by atoms with E-state index in [0.717, 1.165) is 37.4 Å². The molecule has 6 heteroatoms. The summed E-state index contributed by atoms with van der Waals surface area (Å²) in [5.74, 6) is 0.899. The molecule has 28 heavy (non-hydrogen) atoms. The highest BCUT2D eigenvalue weighted by atomic mass is 35.5. The minimum atomic E-state index is 0. The van der Waals surface area contributed by atoms with E-state index in [9.17, 15) is 4.79 Å². The Bertz CT molecular complexity index is 750. The predicted octanol–water partition coefficient (Wildman–Crippen LogP) is 3.38. The van der Waals surface area contributed by atoms with Crippen LogP contribution in [0, 0.1) is 0 Å². The zero-order valence-electron chi connectivity index (χ0n) is 16.3. The van der Waals surface area contributed by atoms with E-state index in [1.807, 2.05) is 24.3 Å². The minimum absolute atomic E-state index is 0. The molecule has 1 heterocycles. The van der Waals surface area contributed by atoms with E-state index in [1.54, 1.807) is 7.11 Å². The number of halogens is 1. The molecule has 0 spiro atoms. The normalized spacial score (nSPS) is 12.2. The fourth-order valence-corrected chi connectivity index (χ4v) is 3.14. The molecule has 152 valence electrons. The monoisotopic (exact) mass is 404 g/mol. The summed E-state index contributed by atoms with van der Waals surface area (Å²) in [6, 6.07) is 14.4. The van der Waals surface area contributed by atoms with Crippen LogP contribution in [0.15, 0.2) is 42.5 Å². The van der Waals surface area contributed by atoms with Crippen molar-refractivity contribution in [1.82, 2.24) is 10.6 Å². The number of methoxy groups -OCH3 is 1. The van der Waals surface area contributed by atoms with Crippen LogP contribution in [0.4, 0.5) is 0 Å². The molecular formula is C22H29ClN2O3. The van der Waals surface area contributed by atoms with E-state index in [1.165, 1.54) is 16.7 Å². The molecule has 0 unspecified atom stereocenters. The highest BCUT2D eigenvalue weighted by molar-refractivity contribution is 5.85. The highest BCUT2D eigenvalue weighted by Gasteiger charge is 2.10. The maximum atomic E-state index is 12.0. The topological polar surface area (TPSA) is 59.6 Å². The fraction of sp³-hybridized carbons (Fsp3) is 0.409. The lowest BCUT2D eigenvalue weighted by Crippen LogP contribution is -2.23. The van der Waals surface area contributed by atoms with E-state index >= 15 is 0 Å². The highest BCUT2D eigenvalue weighted by Crippen LogP contribution is 2.17. The van der Waals surface area contributed by atoms with Crippen LogP contribution in [-0.4, -0.2) is 26.2 Å². The number of hydrogen-bond acceptors (Lipinski definition) is 4. The van der Waals surface area contributed by atoms with Crippen LogP contribution in [-0.2, 0) is 35.6 Å². The van der Waals surface area contributed by atoms with Gasteiger partial charge >= 0.3 is 0 Å². The molecule has 1 amide bonds. The predicted molar refractivity (Wildman–Crippen MR) is 113 cm³/mol. The first-order valence-corrected chi connectivity index (χ1v) is 9.53. The number of benzene rings is 2. The van der Waals surface area contributed by atoms with Crippen molar-refractivity contribution in [3.63, 3.8) is 0 Å². The van der Waals surface area contributed by atoms with Crippen molar-refractivity contribution in [3.05, 3.63) is 64.7 Å². The Labute approximate surface area is 173 Å². The third kappa shape index (κ3) is 6.82. The molecule has 0 aliphatic carbocycles. The van der Waals surface area contributed by atoms with Crippen LogP contribution in [0.1, 0.15) is 35.1 Å². The summed E-state index contributed by atoms with van der Waals surface area (Å²) < 4.78 is 10.8. The Kier molecular flexibility index (Phi) is 9.28. The van der Waals surface area contributed by atoms with Gasteiger partial charge in [0.05, 0.1) is 13.2 Å². The molecule has 2 aromatic carbocycles. The summed E-state index contributed by atoms with van der Waals surface area (Å²) in [6.45, 7) is 3.70. The number of amides is 1. The van der Waals surface area contributed by atoms with Crippen molar-refractivity contribution in [2.24, 2.45) is 0 Å². The van der Waals surface area contributed by atoms with Gasteiger partial charge in [-0.1, -0.05) is 30.3 Å². The van der Waals surface area contributed by atoms with Crippen LogP contribution in [0.2, 0.25) is 0 Å². The Morgan fingerprint density at radius 2 is 1.79 bits per heavy atom. The number of hydrogen-bond donors (Lipinski definition) is 2. The molecule has 0 saturated heterocycles. The summed E-state index contributed by atoms with van der Waals surface area (Å²) >= 11 is 0. The van der Waals surface area contributed by atoms with Crippen LogP contribution in [0.25, 0.3) is 0 Å². The SMILES string of the molecule is COCCc1ccc(OCCCC(=O)NCc2ccc3c(c2)CNC3)cc1.Cl. The fourth-order valence-electron chi connectivity index (χ4n) is 3.14. The Morgan fingerprint density at radius 1 is 1.04 bits per heavy atom. The number of rotatable bonds is 10. The molecule has 0 atom stereocenters. The van der Waals surface area contributed by atoms with Gasteiger partial charge in [-0.15, -0.1) is 12.4 Å². The van der Waals surface area contributed by atoms with Crippen molar-refractivity contribution in [1.29, 1.82) is 0 Å². The van der Waals surface area contributed by atoms with E-state index in [2.05, 4.69) is 28.8 Å². The average molecular weight is 405 g/mol. The lowest BCUT2D eigenvalue weighted by molar-refractivity contribution is -0.121. The standard InChI is InChI=1S/C22H28N2O3.ClH/c1-26-12-10-17-5-8-21(9-6-17)27-11-2-3-22(25)24-14-18-4-7-19-15-23-16-20(19)13-18;/h4-9,13,23H,2-3,10-12,14-16H2,1H3,(H,24,25);1H. The van der Waals surface area contributed by atoms with E-state index in [4.69, 9.17) is 9.47 Å². The molecule has 0 aromatic heterocycles. The first-order valence-electron chi connectivity index (χ1n) is 9.53. The van der Waals surface area contributed by atoms with Gasteiger partial charge in [-0.3, -0.25) is 4.79 Å². The van der Waals surface area contributed by atoms with E-state index in [0.29, 0.717) is 26.0 Å². The third-order valence-corrected chi connectivity index (χ3v) is 4.73. The van der Waals surface area contributed by atoms with E-state index < -0.39 is 0 Å². The van der Waals surface area contributed by atoms with Gasteiger partial charge in [0.1, 0.15) is 5.75 Å². The second-order valence-electron chi connectivity index (χ2n) is 6.82. The van der Waals surface area contributed by atoms with Gasteiger partial charge in [-0.2, -0.15) is 0 Å². The van der Waals surface area contributed by atoms with Gasteiger partial charge in [-0.05, 0) is 47.2 Å². The summed E-state index contributed by atoms with van der Waals surface area (Å²) in [7, 11) is 1.71. The second-order valence-corrected chi connectivity index (χ2v) is 6.82. The molecule has 2 N–H and O–H groups in total. The van der Waals surface area contributed by atoms with Crippen molar-refractivity contribution in [2.45, 2.75) is 38.9 Å². The molecular weight excluding hydrogens is 376 g/mol. The number of fused-ring (bicyclic) bond motifs is 1. The number of nitrogens with one attached hydrogen (secondary N) is 2. The maximum absolute atomic E-state index is 12.0. The number of carbonyl (C=O) groups is 1. The molecule has 0 radical (unpaired) electrons. The lowest BCUT2D eigenvalue weighted by atomic mass is 10.1. The first kappa shape index (κ1) is 22.2. The zero-order chi connectivity index (χ0) is 18.9. The third-order valence-electron chi connectivity index (χ3n) is 4.73. The number of ether oxygens (including phenoxy) is 2. The molecule has 5 nitrogen and oxygen atoms in total. The van der Waals surface area contributed by atoms with Crippen LogP contribution in [0.3, 0.4) is 0 Å². The molecule has 0 fully saturated rings. The van der Waals surface area contributed by atoms with Gasteiger partial charge in [-0.25, -0.2) is 0 Å². The summed E-state index contributed by atoms with van der Waals surface area (Å²) in [5, 5.41) is 6.32. The maximum Gasteiger partial charge on any atom is 0.220 e. The van der Waals surface area contributed by atoms with Crippen molar-refractivity contribution < 1.29 is 14.3 Å². The van der Waals surface area contributed by atoms with Gasteiger partial charge in [0.25, 0.3) is 0 Å².